The Balaban J connectivity index is 1.47. The van der Waals surface area contributed by atoms with Crippen molar-refractivity contribution in [1.29, 1.82) is 0 Å². The second-order valence-corrected chi connectivity index (χ2v) is 9.46. The van der Waals surface area contributed by atoms with Gasteiger partial charge in [0.2, 0.25) is 22.7 Å². The van der Waals surface area contributed by atoms with Gasteiger partial charge < -0.3 is 24.1 Å². The lowest BCUT2D eigenvalue weighted by molar-refractivity contribution is -0.124. The minimum Gasteiger partial charge on any atom is -0.461 e. The van der Waals surface area contributed by atoms with Gasteiger partial charge in [-0.2, -0.15) is 4.31 Å². The monoisotopic (exact) mass is 463 g/mol. The van der Waals surface area contributed by atoms with Gasteiger partial charge in [0.15, 0.2) is 11.5 Å². The van der Waals surface area contributed by atoms with E-state index in [1.807, 2.05) is 6.07 Å². The molecule has 0 saturated carbocycles. The summed E-state index contributed by atoms with van der Waals surface area (Å²) in [5.74, 6) is 0.294. The number of aromatic nitrogens is 1. The Morgan fingerprint density at radius 3 is 2.78 bits per heavy atom. The number of esters is 1. The van der Waals surface area contributed by atoms with Crippen LogP contribution in [0.1, 0.15) is 35.8 Å². The average Bonchev–Trinajstić information content (AvgIpc) is 3.51. The summed E-state index contributed by atoms with van der Waals surface area (Å²) in [6.45, 7) is 2.49. The SMILES string of the molecule is CCOC(=O)c1cc(S(=O)(=O)N2CCCC2C(=O)NCc2ccc3c(c2)OCO3)cn1C. The van der Waals surface area contributed by atoms with Crippen LogP contribution in [0, 0.1) is 0 Å². The van der Waals surface area contributed by atoms with Crippen molar-refractivity contribution in [3.8, 4) is 11.5 Å². The van der Waals surface area contributed by atoms with Crippen molar-refractivity contribution in [3.63, 3.8) is 0 Å². The molecule has 0 bridgehead atoms. The fraction of sp³-hybridized carbons (Fsp3) is 0.429. The zero-order valence-corrected chi connectivity index (χ0v) is 18.7. The molecular weight excluding hydrogens is 438 g/mol. The molecule has 0 spiro atoms. The number of nitrogens with zero attached hydrogens (tertiary/aromatic N) is 2. The molecule has 1 unspecified atom stereocenters. The number of ether oxygens (including phenoxy) is 3. The topological polar surface area (TPSA) is 116 Å². The van der Waals surface area contributed by atoms with Crippen molar-refractivity contribution < 1.29 is 32.2 Å². The van der Waals surface area contributed by atoms with E-state index in [2.05, 4.69) is 5.32 Å². The Hall–Kier alpha value is -3.05. The molecule has 0 radical (unpaired) electrons. The van der Waals surface area contributed by atoms with E-state index in [9.17, 15) is 18.0 Å². The van der Waals surface area contributed by atoms with Crippen LogP contribution in [-0.2, 0) is 33.1 Å². The smallest absolute Gasteiger partial charge is 0.354 e. The normalized spacial score (nSPS) is 18.0. The van der Waals surface area contributed by atoms with Crippen LogP contribution in [0.25, 0.3) is 0 Å². The Kier molecular flexibility index (Phi) is 6.11. The Labute approximate surface area is 186 Å². The maximum Gasteiger partial charge on any atom is 0.354 e. The maximum absolute atomic E-state index is 13.2. The number of sulfonamides is 1. The number of rotatable bonds is 7. The van der Waals surface area contributed by atoms with E-state index < -0.39 is 22.0 Å². The quantitative estimate of drug-likeness (QED) is 0.617. The Morgan fingerprint density at radius 1 is 1.22 bits per heavy atom. The zero-order valence-electron chi connectivity index (χ0n) is 17.9. The molecule has 32 heavy (non-hydrogen) atoms. The van der Waals surface area contributed by atoms with E-state index in [0.29, 0.717) is 24.3 Å². The van der Waals surface area contributed by atoms with Crippen molar-refractivity contribution in [2.24, 2.45) is 7.05 Å². The van der Waals surface area contributed by atoms with Gasteiger partial charge in [-0.25, -0.2) is 13.2 Å². The lowest BCUT2D eigenvalue weighted by atomic mass is 10.2. The molecule has 1 amide bonds. The van der Waals surface area contributed by atoms with Crippen molar-refractivity contribution >= 4 is 21.9 Å². The third kappa shape index (κ3) is 4.17. The van der Waals surface area contributed by atoms with Gasteiger partial charge in [0.25, 0.3) is 0 Å². The van der Waals surface area contributed by atoms with Crippen molar-refractivity contribution in [2.75, 3.05) is 19.9 Å². The highest BCUT2D eigenvalue weighted by Crippen LogP contribution is 2.32. The average molecular weight is 464 g/mol. The molecule has 0 aliphatic carbocycles. The van der Waals surface area contributed by atoms with Crippen LogP contribution in [0.15, 0.2) is 35.4 Å². The summed E-state index contributed by atoms with van der Waals surface area (Å²) in [5, 5.41) is 2.82. The maximum atomic E-state index is 13.2. The van der Waals surface area contributed by atoms with E-state index in [0.717, 1.165) is 5.56 Å². The minimum atomic E-state index is -3.97. The predicted molar refractivity (Wildman–Crippen MR) is 113 cm³/mol. The van der Waals surface area contributed by atoms with Crippen LogP contribution in [0.3, 0.4) is 0 Å². The first kappa shape index (κ1) is 22.2. The molecule has 1 aromatic carbocycles. The van der Waals surface area contributed by atoms with Crippen LogP contribution >= 0.6 is 0 Å². The van der Waals surface area contributed by atoms with Gasteiger partial charge in [-0.1, -0.05) is 6.07 Å². The highest BCUT2D eigenvalue weighted by molar-refractivity contribution is 7.89. The number of hydrogen-bond acceptors (Lipinski definition) is 7. The van der Waals surface area contributed by atoms with Crippen LogP contribution in [-0.4, -0.2) is 55.2 Å². The fourth-order valence-electron chi connectivity index (χ4n) is 3.87. The summed E-state index contributed by atoms with van der Waals surface area (Å²) in [7, 11) is -2.39. The molecule has 1 fully saturated rings. The lowest BCUT2D eigenvalue weighted by Gasteiger charge is -2.23. The summed E-state index contributed by atoms with van der Waals surface area (Å²) in [5.41, 5.74) is 0.950. The van der Waals surface area contributed by atoms with Crippen molar-refractivity contribution in [1.82, 2.24) is 14.2 Å². The van der Waals surface area contributed by atoms with Crippen LogP contribution in [0.4, 0.5) is 0 Å². The molecule has 1 aromatic heterocycles. The number of nitrogens with one attached hydrogen (secondary N) is 1. The summed E-state index contributed by atoms with van der Waals surface area (Å²) in [6, 6.07) is 5.84. The first-order valence-electron chi connectivity index (χ1n) is 10.3. The zero-order chi connectivity index (χ0) is 22.9. The highest BCUT2D eigenvalue weighted by Gasteiger charge is 2.40. The van der Waals surface area contributed by atoms with Crippen LogP contribution in [0.5, 0.6) is 11.5 Å². The van der Waals surface area contributed by atoms with E-state index >= 15 is 0 Å². The Morgan fingerprint density at radius 2 is 2.00 bits per heavy atom. The number of carbonyl (C=O) groups excluding carboxylic acids is 2. The Bertz CT molecular complexity index is 1140. The number of aryl methyl sites for hydroxylation is 1. The van der Waals surface area contributed by atoms with E-state index in [1.54, 1.807) is 26.1 Å². The highest BCUT2D eigenvalue weighted by atomic mass is 32.2. The van der Waals surface area contributed by atoms with Gasteiger partial charge in [0.1, 0.15) is 16.6 Å². The second kappa shape index (κ2) is 8.83. The molecule has 2 aliphatic rings. The van der Waals surface area contributed by atoms with Gasteiger partial charge in [-0.3, -0.25) is 4.79 Å². The van der Waals surface area contributed by atoms with Gasteiger partial charge in [0, 0.05) is 26.3 Å². The van der Waals surface area contributed by atoms with Gasteiger partial charge in [-0.15, -0.1) is 0 Å². The number of amides is 1. The molecule has 11 heteroatoms. The molecular formula is C21H25N3O7S. The van der Waals surface area contributed by atoms with E-state index in [-0.39, 0.29) is 43.0 Å². The fourth-order valence-corrected chi connectivity index (χ4v) is 5.59. The van der Waals surface area contributed by atoms with Crippen molar-refractivity contribution in [3.05, 3.63) is 41.7 Å². The molecule has 172 valence electrons. The summed E-state index contributed by atoms with van der Waals surface area (Å²) in [6.07, 6.45) is 2.35. The summed E-state index contributed by atoms with van der Waals surface area (Å²) in [4.78, 5) is 24.9. The molecule has 1 saturated heterocycles. The number of fused-ring (bicyclic) bond motifs is 1. The number of carbonyl (C=O) groups is 2. The predicted octanol–water partition coefficient (Wildman–Crippen LogP) is 1.40. The number of benzene rings is 1. The van der Waals surface area contributed by atoms with Gasteiger partial charge in [-0.05, 0) is 43.5 Å². The standard InChI is InChI=1S/C21H25N3O7S/c1-3-29-21(26)17-10-15(12-23(17)2)32(27,28)24-8-4-5-16(24)20(25)22-11-14-6-7-18-19(9-14)31-13-30-18/h6-7,9-10,12,16H,3-5,8,11,13H2,1-2H3,(H,22,25). The van der Waals surface area contributed by atoms with Crippen molar-refractivity contribution in [2.45, 2.75) is 37.2 Å². The molecule has 2 aromatic rings. The lowest BCUT2D eigenvalue weighted by Crippen LogP contribution is -2.45. The summed E-state index contributed by atoms with van der Waals surface area (Å²) < 4.78 is 44.7. The van der Waals surface area contributed by atoms with Gasteiger partial charge in [0.05, 0.1) is 6.61 Å². The molecule has 3 heterocycles. The molecule has 4 rings (SSSR count). The van der Waals surface area contributed by atoms with Gasteiger partial charge >= 0.3 is 5.97 Å². The second-order valence-electron chi connectivity index (χ2n) is 7.57. The number of hydrogen-bond donors (Lipinski definition) is 1. The van der Waals surface area contributed by atoms with Crippen LogP contribution in [0.2, 0.25) is 0 Å². The van der Waals surface area contributed by atoms with E-state index in [1.165, 1.54) is 21.1 Å². The third-order valence-corrected chi connectivity index (χ3v) is 7.35. The summed E-state index contributed by atoms with van der Waals surface area (Å²) >= 11 is 0. The van der Waals surface area contributed by atoms with Crippen LogP contribution < -0.4 is 14.8 Å². The molecule has 1 N–H and O–H groups in total. The third-order valence-electron chi connectivity index (χ3n) is 5.48. The molecule has 10 nitrogen and oxygen atoms in total. The first-order valence-corrected chi connectivity index (χ1v) is 11.8. The minimum absolute atomic E-state index is 0.0430. The largest absolute Gasteiger partial charge is 0.461 e. The van der Waals surface area contributed by atoms with E-state index in [4.69, 9.17) is 14.2 Å². The molecule has 1 atom stereocenters. The molecule has 2 aliphatic heterocycles. The first-order chi connectivity index (χ1) is 15.3.